The molecule has 2 aromatic rings. The normalized spacial score (nSPS) is 18.9. The Morgan fingerprint density at radius 2 is 2.21 bits per heavy atom. The molecule has 1 aliphatic heterocycles. The molecule has 0 aliphatic carbocycles. The lowest BCUT2D eigenvalue weighted by Crippen LogP contribution is -2.10. The number of rotatable bonds is 4. The van der Waals surface area contributed by atoms with Crippen LogP contribution in [0.25, 0.3) is 11.4 Å². The van der Waals surface area contributed by atoms with Crippen molar-refractivity contribution in [3.05, 3.63) is 30.2 Å². The van der Waals surface area contributed by atoms with Crippen molar-refractivity contribution in [2.75, 3.05) is 19.3 Å². The third-order valence-electron chi connectivity index (χ3n) is 3.44. The van der Waals surface area contributed by atoms with E-state index < -0.39 is 0 Å². The van der Waals surface area contributed by atoms with Crippen LogP contribution in [-0.4, -0.2) is 29.5 Å². The van der Waals surface area contributed by atoms with E-state index >= 15 is 0 Å². The third-order valence-corrected chi connectivity index (χ3v) is 4.19. The minimum atomic E-state index is 0.632. The number of aromatic nitrogens is 2. The molecule has 1 atom stereocenters. The fraction of sp³-hybridized carbons (Fsp3) is 0.429. The van der Waals surface area contributed by atoms with Gasteiger partial charge >= 0.3 is 0 Å². The monoisotopic (exact) mass is 275 g/mol. The van der Waals surface area contributed by atoms with Crippen molar-refractivity contribution in [3.63, 3.8) is 0 Å². The van der Waals surface area contributed by atoms with Crippen LogP contribution in [0.5, 0.6) is 0 Å². The van der Waals surface area contributed by atoms with Crippen molar-refractivity contribution in [1.29, 1.82) is 0 Å². The van der Waals surface area contributed by atoms with E-state index in [1.807, 2.05) is 12.1 Å². The van der Waals surface area contributed by atoms with Crippen molar-refractivity contribution in [2.24, 2.45) is 5.92 Å². The van der Waals surface area contributed by atoms with Crippen LogP contribution in [0.1, 0.15) is 12.3 Å². The van der Waals surface area contributed by atoms with Gasteiger partial charge in [0.05, 0.1) is 0 Å². The summed E-state index contributed by atoms with van der Waals surface area (Å²) in [7, 11) is 0. The molecule has 0 saturated carbocycles. The molecule has 100 valence electrons. The predicted octanol–water partition coefficient (Wildman–Crippen LogP) is 2.61. The number of hydrogen-bond acceptors (Lipinski definition) is 5. The van der Waals surface area contributed by atoms with Crippen LogP contribution < -0.4 is 5.32 Å². The van der Waals surface area contributed by atoms with Gasteiger partial charge in [0.15, 0.2) is 0 Å². The molecule has 4 nitrogen and oxygen atoms in total. The topological polar surface area (TPSA) is 51.0 Å². The molecule has 0 bridgehead atoms. The van der Waals surface area contributed by atoms with Gasteiger partial charge in [0.25, 0.3) is 0 Å². The van der Waals surface area contributed by atoms with Gasteiger partial charge in [0, 0.05) is 16.9 Å². The zero-order valence-corrected chi connectivity index (χ0v) is 11.7. The Morgan fingerprint density at radius 3 is 2.89 bits per heavy atom. The van der Waals surface area contributed by atoms with Crippen LogP contribution in [0.2, 0.25) is 0 Å². The summed E-state index contributed by atoms with van der Waals surface area (Å²) in [6.07, 6.45) is 4.14. The van der Waals surface area contributed by atoms with Crippen LogP contribution in [0.3, 0.4) is 0 Å². The summed E-state index contributed by atoms with van der Waals surface area (Å²) in [4.78, 5) is 5.73. The van der Waals surface area contributed by atoms with Gasteiger partial charge in [-0.15, -0.1) is 11.8 Å². The first-order valence-corrected chi connectivity index (χ1v) is 7.75. The Bertz CT molecular complexity index is 532. The zero-order valence-electron chi connectivity index (χ0n) is 10.9. The van der Waals surface area contributed by atoms with Gasteiger partial charge < -0.3 is 9.84 Å². The van der Waals surface area contributed by atoms with E-state index in [0.29, 0.717) is 11.7 Å². The molecule has 3 rings (SSSR count). The fourth-order valence-electron chi connectivity index (χ4n) is 2.33. The molecule has 19 heavy (non-hydrogen) atoms. The van der Waals surface area contributed by atoms with Gasteiger partial charge in [0.2, 0.25) is 11.7 Å². The van der Waals surface area contributed by atoms with Gasteiger partial charge in [0.1, 0.15) is 0 Å². The lowest BCUT2D eigenvalue weighted by molar-refractivity contribution is 0.358. The van der Waals surface area contributed by atoms with E-state index in [4.69, 9.17) is 4.52 Å². The van der Waals surface area contributed by atoms with Crippen LogP contribution >= 0.6 is 11.8 Å². The van der Waals surface area contributed by atoms with Crippen molar-refractivity contribution in [1.82, 2.24) is 15.5 Å². The fourth-order valence-corrected chi connectivity index (χ4v) is 2.74. The van der Waals surface area contributed by atoms with Crippen LogP contribution in [0.4, 0.5) is 0 Å². The minimum Gasteiger partial charge on any atom is -0.339 e. The van der Waals surface area contributed by atoms with E-state index in [1.165, 1.54) is 11.3 Å². The third kappa shape index (κ3) is 2.98. The maximum absolute atomic E-state index is 5.34. The van der Waals surface area contributed by atoms with Gasteiger partial charge in [-0.1, -0.05) is 5.16 Å². The Labute approximate surface area is 117 Å². The van der Waals surface area contributed by atoms with Crippen molar-refractivity contribution in [2.45, 2.75) is 17.7 Å². The predicted molar refractivity (Wildman–Crippen MR) is 76.2 cm³/mol. The molecule has 1 aromatic heterocycles. The first-order valence-electron chi connectivity index (χ1n) is 6.53. The van der Waals surface area contributed by atoms with Gasteiger partial charge in [-0.25, -0.2) is 0 Å². The summed E-state index contributed by atoms with van der Waals surface area (Å²) in [5.74, 6) is 2.07. The summed E-state index contributed by atoms with van der Waals surface area (Å²) >= 11 is 1.73. The molecule has 2 heterocycles. The summed E-state index contributed by atoms with van der Waals surface area (Å²) in [6, 6.07) is 8.24. The SMILES string of the molecule is CSc1ccc(-c2noc(CC3CCNC3)n2)cc1. The summed E-state index contributed by atoms with van der Waals surface area (Å²) < 4.78 is 5.34. The number of nitrogens with one attached hydrogen (secondary N) is 1. The summed E-state index contributed by atoms with van der Waals surface area (Å²) in [6.45, 7) is 2.15. The van der Waals surface area contributed by atoms with E-state index in [1.54, 1.807) is 11.8 Å². The van der Waals surface area contributed by atoms with E-state index in [2.05, 4.69) is 33.8 Å². The second-order valence-corrected chi connectivity index (χ2v) is 5.68. The molecule has 0 spiro atoms. The van der Waals surface area contributed by atoms with Gasteiger partial charge in [-0.3, -0.25) is 0 Å². The maximum atomic E-state index is 5.34. The van der Waals surface area contributed by atoms with Crippen LogP contribution in [0.15, 0.2) is 33.7 Å². The molecular formula is C14H17N3OS. The standard InChI is InChI=1S/C14H17N3OS/c1-19-12-4-2-11(3-5-12)14-16-13(18-17-14)8-10-6-7-15-9-10/h2-5,10,15H,6-9H2,1H3. The Balaban J connectivity index is 1.72. The number of nitrogens with zero attached hydrogens (tertiary/aromatic N) is 2. The van der Waals surface area contributed by atoms with Crippen molar-refractivity contribution < 1.29 is 4.52 Å². The Hall–Kier alpha value is -1.33. The molecular weight excluding hydrogens is 258 g/mol. The minimum absolute atomic E-state index is 0.632. The number of hydrogen-bond donors (Lipinski definition) is 1. The smallest absolute Gasteiger partial charge is 0.227 e. The number of thioether (sulfide) groups is 1. The maximum Gasteiger partial charge on any atom is 0.227 e. The largest absolute Gasteiger partial charge is 0.339 e. The molecule has 1 aromatic carbocycles. The number of benzene rings is 1. The molecule has 0 radical (unpaired) electrons. The summed E-state index contributed by atoms with van der Waals surface area (Å²) in [5.41, 5.74) is 1.01. The highest BCUT2D eigenvalue weighted by Crippen LogP contribution is 2.22. The van der Waals surface area contributed by atoms with Gasteiger partial charge in [-0.05, 0) is 55.9 Å². The Morgan fingerprint density at radius 1 is 1.37 bits per heavy atom. The lowest BCUT2D eigenvalue weighted by atomic mass is 10.1. The zero-order chi connectivity index (χ0) is 13.1. The lowest BCUT2D eigenvalue weighted by Gasteiger charge is -2.01. The van der Waals surface area contributed by atoms with Crippen LogP contribution in [-0.2, 0) is 6.42 Å². The highest BCUT2D eigenvalue weighted by molar-refractivity contribution is 7.98. The first kappa shape index (κ1) is 12.7. The summed E-state index contributed by atoms with van der Waals surface area (Å²) in [5, 5.41) is 7.42. The molecule has 1 unspecified atom stereocenters. The Kier molecular flexibility index (Phi) is 3.84. The quantitative estimate of drug-likeness (QED) is 0.869. The highest BCUT2D eigenvalue weighted by atomic mass is 32.2. The first-order chi connectivity index (χ1) is 9.35. The average molecular weight is 275 g/mol. The second kappa shape index (κ2) is 5.75. The van der Waals surface area contributed by atoms with Crippen molar-refractivity contribution >= 4 is 11.8 Å². The van der Waals surface area contributed by atoms with Gasteiger partial charge in [-0.2, -0.15) is 4.98 Å². The molecule has 1 aliphatic rings. The average Bonchev–Trinajstić information content (AvgIpc) is 3.11. The molecule has 5 heteroatoms. The van der Waals surface area contributed by atoms with Crippen LogP contribution in [0, 0.1) is 5.92 Å². The second-order valence-electron chi connectivity index (χ2n) is 4.80. The highest BCUT2D eigenvalue weighted by Gasteiger charge is 2.18. The van der Waals surface area contributed by atoms with E-state index in [9.17, 15) is 0 Å². The van der Waals surface area contributed by atoms with Crippen molar-refractivity contribution in [3.8, 4) is 11.4 Å². The molecule has 0 amide bonds. The molecule has 1 fully saturated rings. The molecule has 1 saturated heterocycles. The van der Waals surface area contributed by atoms with E-state index in [-0.39, 0.29) is 0 Å². The van der Waals surface area contributed by atoms with E-state index in [0.717, 1.165) is 31.0 Å². The molecule has 1 N–H and O–H groups in total.